The molecule has 0 aliphatic carbocycles. The second-order valence-corrected chi connectivity index (χ2v) is 6.65. The van der Waals surface area contributed by atoms with E-state index in [-0.39, 0.29) is 11.5 Å². The minimum Gasteiger partial charge on any atom is -0.492 e. The highest BCUT2D eigenvalue weighted by molar-refractivity contribution is 5.77. The first-order valence-corrected chi connectivity index (χ1v) is 10.1. The molecule has 1 unspecified atom stereocenters. The number of fused-ring (bicyclic) bond motifs is 1. The van der Waals surface area contributed by atoms with Crippen LogP contribution in [0, 0.1) is 0 Å². The minimum atomic E-state index is -0.617. The standard InChI is InChI=1S/C23H26N2O5/c1-3-28-21(23(27)29-4-2)15-17-9-11-18(12-10-17)30-14-13-25-16-24-20-8-6-5-7-19(20)22(25)26/h5-12,16,21H,3-4,13-15H2,1-2H3. The summed E-state index contributed by atoms with van der Waals surface area (Å²) in [4.78, 5) is 28.8. The number of ether oxygens (including phenoxy) is 3. The normalized spacial score (nSPS) is 11.9. The van der Waals surface area contributed by atoms with Gasteiger partial charge in [0.25, 0.3) is 5.56 Å². The van der Waals surface area contributed by atoms with E-state index in [0.29, 0.717) is 49.4 Å². The number of hydrogen-bond acceptors (Lipinski definition) is 6. The predicted molar refractivity (Wildman–Crippen MR) is 114 cm³/mol. The van der Waals surface area contributed by atoms with Crippen LogP contribution >= 0.6 is 0 Å². The SMILES string of the molecule is CCOC(=O)C(Cc1ccc(OCCn2cnc3ccccc3c2=O)cc1)OCC. The van der Waals surface area contributed by atoms with Crippen molar-refractivity contribution in [2.24, 2.45) is 0 Å². The van der Waals surface area contributed by atoms with Crippen molar-refractivity contribution in [3.8, 4) is 5.75 Å². The maximum Gasteiger partial charge on any atom is 0.335 e. The van der Waals surface area contributed by atoms with Gasteiger partial charge in [-0.25, -0.2) is 9.78 Å². The third kappa shape index (κ3) is 5.45. The minimum absolute atomic E-state index is 0.0829. The molecule has 0 fully saturated rings. The second-order valence-electron chi connectivity index (χ2n) is 6.65. The Bertz CT molecular complexity index is 1030. The van der Waals surface area contributed by atoms with Crippen LogP contribution in [0.15, 0.2) is 59.7 Å². The summed E-state index contributed by atoms with van der Waals surface area (Å²) in [5.41, 5.74) is 1.55. The van der Waals surface area contributed by atoms with Gasteiger partial charge >= 0.3 is 5.97 Å². The topological polar surface area (TPSA) is 79.7 Å². The Kier molecular flexibility index (Phi) is 7.57. The molecule has 0 saturated carbocycles. The van der Waals surface area contributed by atoms with Crippen LogP contribution in [0.3, 0.4) is 0 Å². The van der Waals surface area contributed by atoms with E-state index in [4.69, 9.17) is 14.2 Å². The van der Waals surface area contributed by atoms with E-state index in [1.807, 2.05) is 49.4 Å². The molecule has 3 aromatic rings. The quantitative estimate of drug-likeness (QED) is 0.478. The molecule has 3 rings (SSSR count). The average molecular weight is 410 g/mol. The number of para-hydroxylation sites is 1. The molecule has 158 valence electrons. The van der Waals surface area contributed by atoms with Crippen molar-refractivity contribution in [3.63, 3.8) is 0 Å². The molecule has 0 aliphatic heterocycles. The van der Waals surface area contributed by atoms with Gasteiger partial charge in [0.05, 0.1) is 30.4 Å². The molecule has 1 heterocycles. The summed E-state index contributed by atoms with van der Waals surface area (Å²) in [5, 5.41) is 0.592. The van der Waals surface area contributed by atoms with Crippen molar-refractivity contribution in [3.05, 3.63) is 70.8 Å². The summed E-state index contributed by atoms with van der Waals surface area (Å²) in [6.07, 6.45) is 1.36. The summed E-state index contributed by atoms with van der Waals surface area (Å²) in [5.74, 6) is 0.332. The van der Waals surface area contributed by atoms with Crippen molar-refractivity contribution >= 4 is 16.9 Å². The number of nitrogens with zero attached hydrogens (tertiary/aromatic N) is 2. The van der Waals surface area contributed by atoms with E-state index in [9.17, 15) is 9.59 Å². The first-order chi connectivity index (χ1) is 14.6. The van der Waals surface area contributed by atoms with Gasteiger partial charge in [-0.1, -0.05) is 24.3 Å². The monoisotopic (exact) mass is 410 g/mol. The molecule has 2 aromatic carbocycles. The fourth-order valence-corrected chi connectivity index (χ4v) is 3.11. The first-order valence-electron chi connectivity index (χ1n) is 10.1. The highest BCUT2D eigenvalue weighted by Gasteiger charge is 2.20. The highest BCUT2D eigenvalue weighted by atomic mass is 16.6. The van der Waals surface area contributed by atoms with Gasteiger partial charge < -0.3 is 14.2 Å². The molecule has 30 heavy (non-hydrogen) atoms. The lowest BCUT2D eigenvalue weighted by Gasteiger charge is -2.16. The number of carbonyl (C=O) groups is 1. The van der Waals surface area contributed by atoms with Gasteiger partial charge in [0.2, 0.25) is 0 Å². The smallest absolute Gasteiger partial charge is 0.335 e. The first kappa shape index (κ1) is 21.5. The summed E-state index contributed by atoms with van der Waals surface area (Å²) >= 11 is 0. The van der Waals surface area contributed by atoms with Gasteiger partial charge in [-0.3, -0.25) is 9.36 Å². The maximum absolute atomic E-state index is 12.5. The number of benzene rings is 2. The third-order valence-corrected chi connectivity index (χ3v) is 4.59. The fourth-order valence-electron chi connectivity index (χ4n) is 3.11. The third-order valence-electron chi connectivity index (χ3n) is 4.59. The molecule has 0 bridgehead atoms. The van der Waals surface area contributed by atoms with E-state index in [1.54, 1.807) is 23.9 Å². The van der Waals surface area contributed by atoms with Crippen molar-refractivity contribution < 1.29 is 19.0 Å². The molecular weight excluding hydrogens is 384 g/mol. The summed E-state index contributed by atoms with van der Waals surface area (Å²) in [6.45, 7) is 5.12. The van der Waals surface area contributed by atoms with Crippen LogP contribution in [-0.2, 0) is 27.2 Å². The molecule has 0 radical (unpaired) electrons. The number of carbonyl (C=O) groups excluding carboxylic acids is 1. The van der Waals surface area contributed by atoms with E-state index in [1.165, 1.54) is 0 Å². The zero-order chi connectivity index (χ0) is 21.3. The largest absolute Gasteiger partial charge is 0.492 e. The number of aromatic nitrogens is 2. The van der Waals surface area contributed by atoms with E-state index in [2.05, 4.69) is 4.98 Å². The van der Waals surface area contributed by atoms with Crippen LogP contribution in [-0.4, -0.2) is 41.4 Å². The average Bonchev–Trinajstić information content (AvgIpc) is 2.76. The zero-order valence-electron chi connectivity index (χ0n) is 17.2. The molecule has 0 N–H and O–H groups in total. The highest BCUT2D eigenvalue weighted by Crippen LogP contribution is 2.15. The molecular formula is C23H26N2O5. The van der Waals surface area contributed by atoms with Gasteiger partial charge in [0.1, 0.15) is 12.4 Å². The molecule has 0 saturated heterocycles. The van der Waals surface area contributed by atoms with Crippen LogP contribution in [0.1, 0.15) is 19.4 Å². The molecule has 0 amide bonds. The van der Waals surface area contributed by atoms with Gasteiger partial charge in [-0.2, -0.15) is 0 Å². The van der Waals surface area contributed by atoms with E-state index < -0.39 is 6.10 Å². The van der Waals surface area contributed by atoms with E-state index in [0.717, 1.165) is 5.56 Å². The Morgan fingerprint density at radius 1 is 1.07 bits per heavy atom. The van der Waals surface area contributed by atoms with Crippen LogP contribution in [0.4, 0.5) is 0 Å². The lowest BCUT2D eigenvalue weighted by Crippen LogP contribution is -2.28. The van der Waals surface area contributed by atoms with Crippen LogP contribution in [0.2, 0.25) is 0 Å². The fraction of sp³-hybridized carbons (Fsp3) is 0.348. The Morgan fingerprint density at radius 2 is 1.83 bits per heavy atom. The second kappa shape index (κ2) is 10.5. The maximum atomic E-state index is 12.5. The molecule has 7 heteroatoms. The van der Waals surface area contributed by atoms with Crippen molar-refractivity contribution in [2.75, 3.05) is 19.8 Å². The van der Waals surface area contributed by atoms with Crippen molar-refractivity contribution in [1.82, 2.24) is 9.55 Å². The van der Waals surface area contributed by atoms with Crippen molar-refractivity contribution in [2.45, 2.75) is 32.9 Å². The lowest BCUT2D eigenvalue weighted by atomic mass is 10.1. The van der Waals surface area contributed by atoms with Gasteiger partial charge in [-0.05, 0) is 43.7 Å². The van der Waals surface area contributed by atoms with Gasteiger partial charge in [0, 0.05) is 13.0 Å². The van der Waals surface area contributed by atoms with E-state index >= 15 is 0 Å². The molecule has 0 spiro atoms. The summed E-state index contributed by atoms with van der Waals surface area (Å²) in [6, 6.07) is 14.7. The predicted octanol–water partition coefficient (Wildman–Crippen LogP) is 2.99. The molecule has 1 aromatic heterocycles. The Morgan fingerprint density at radius 3 is 2.57 bits per heavy atom. The lowest BCUT2D eigenvalue weighted by molar-refractivity contribution is -0.156. The van der Waals surface area contributed by atoms with Gasteiger partial charge in [-0.15, -0.1) is 0 Å². The molecule has 0 aliphatic rings. The van der Waals surface area contributed by atoms with Crippen LogP contribution < -0.4 is 10.3 Å². The van der Waals surface area contributed by atoms with Crippen molar-refractivity contribution in [1.29, 1.82) is 0 Å². The van der Waals surface area contributed by atoms with Gasteiger partial charge in [0.15, 0.2) is 6.10 Å². The van der Waals surface area contributed by atoms with Crippen LogP contribution in [0.5, 0.6) is 5.75 Å². The van der Waals surface area contributed by atoms with Crippen LogP contribution in [0.25, 0.3) is 10.9 Å². The summed E-state index contributed by atoms with van der Waals surface area (Å²) in [7, 11) is 0. The molecule has 7 nitrogen and oxygen atoms in total. The number of rotatable bonds is 10. The summed E-state index contributed by atoms with van der Waals surface area (Å²) < 4.78 is 17.9. The Labute approximate surface area is 175 Å². The number of hydrogen-bond donors (Lipinski definition) is 0. The Balaban J connectivity index is 1.56. The zero-order valence-corrected chi connectivity index (χ0v) is 17.2. The molecule has 1 atom stereocenters. The number of esters is 1. The Hall–Kier alpha value is -3.19.